The molecule has 2 nitrogen and oxygen atoms in total. The van der Waals surface area contributed by atoms with Crippen LogP contribution in [0, 0.1) is 5.92 Å². The van der Waals surface area contributed by atoms with Gasteiger partial charge in [0.05, 0.1) is 14.4 Å². The fourth-order valence-electron chi connectivity index (χ4n) is 1.46. The SMILES string of the molecule is [2H]COC(=O)C1CCCCC1. The first-order valence-corrected chi connectivity index (χ1v) is 3.80. The Morgan fingerprint density at radius 2 is 2.20 bits per heavy atom. The number of rotatable bonds is 1. The number of methoxy groups -OCH3 is 1. The highest BCUT2D eigenvalue weighted by molar-refractivity contribution is 5.72. The van der Waals surface area contributed by atoms with Gasteiger partial charge in [0, 0.05) is 0 Å². The van der Waals surface area contributed by atoms with E-state index in [1.54, 1.807) is 0 Å². The Bertz CT molecular complexity index is 130. The largest absolute Gasteiger partial charge is 0.469 e. The summed E-state index contributed by atoms with van der Waals surface area (Å²) >= 11 is 0. The van der Waals surface area contributed by atoms with E-state index >= 15 is 0 Å². The molecule has 1 fully saturated rings. The van der Waals surface area contributed by atoms with Gasteiger partial charge >= 0.3 is 5.97 Å². The summed E-state index contributed by atoms with van der Waals surface area (Å²) in [4.78, 5) is 11.1. The molecule has 0 aromatic carbocycles. The van der Waals surface area contributed by atoms with E-state index in [1.165, 1.54) is 6.42 Å². The second-order valence-electron chi connectivity index (χ2n) is 2.80. The molecule has 1 aliphatic carbocycles. The van der Waals surface area contributed by atoms with E-state index in [2.05, 4.69) is 4.74 Å². The molecule has 0 aromatic rings. The molecule has 58 valence electrons. The van der Waals surface area contributed by atoms with Crippen molar-refractivity contribution < 1.29 is 10.9 Å². The minimum atomic E-state index is -0.227. The van der Waals surface area contributed by atoms with E-state index in [4.69, 9.17) is 1.37 Å². The molecule has 0 bridgehead atoms. The highest BCUT2D eigenvalue weighted by Gasteiger charge is 2.20. The van der Waals surface area contributed by atoms with Crippen molar-refractivity contribution in [3.63, 3.8) is 0 Å². The Hall–Kier alpha value is -0.530. The normalized spacial score (nSPS) is 21.8. The molecule has 10 heavy (non-hydrogen) atoms. The summed E-state index contributed by atoms with van der Waals surface area (Å²) in [6.07, 6.45) is 5.43. The van der Waals surface area contributed by atoms with Gasteiger partial charge in [-0.05, 0) is 12.8 Å². The number of ether oxygens (including phenoxy) is 1. The van der Waals surface area contributed by atoms with Gasteiger partial charge in [0.25, 0.3) is 0 Å². The topological polar surface area (TPSA) is 26.3 Å². The van der Waals surface area contributed by atoms with Gasteiger partial charge < -0.3 is 4.74 Å². The Kier molecular flexibility index (Phi) is 2.23. The van der Waals surface area contributed by atoms with Crippen molar-refractivity contribution in [2.24, 2.45) is 5.92 Å². The zero-order valence-corrected chi connectivity index (χ0v) is 6.14. The summed E-state index contributed by atoms with van der Waals surface area (Å²) < 4.78 is 11.3. The summed E-state index contributed by atoms with van der Waals surface area (Å²) in [5.74, 6) is -0.0752. The maximum absolute atomic E-state index is 11.1. The fraction of sp³-hybridized carbons (Fsp3) is 0.875. The van der Waals surface area contributed by atoms with Crippen LogP contribution >= 0.6 is 0 Å². The number of hydrogen-bond donors (Lipinski definition) is 0. The smallest absolute Gasteiger partial charge is 0.308 e. The van der Waals surface area contributed by atoms with Crippen LogP contribution in [-0.2, 0) is 9.53 Å². The summed E-state index contributed by atoms with van der Waals surface area (Å²) in [6.45, 7) is 0. The van der Waals surface area contributed by atoms with Crippen LogP contribution in [0.2, 0.25) is 0 Å². The van der Waals surface area contributed by atoms with Gasteiger partial charge in [-0.15, -0.1) is 0 Å². The maximum Gasteiger partial charge on any atom is 0.308 e. The average molecular weight is 143 g/mol. The summed E-state index contributed by atoms with van der Waals surface area (Å²) in [5, 5.41) is 0. The lowest BCUT2D eigenvalue weighted by Gasteiger charge is -2.18. The molecule has 0 unspecified atom stereocenters. The monoisotopic (exact) mass is 143 g/mol. The van der Waals surface area contributed by atoms with Gasteiger partial charge in [0.1, 0.15) is 0 Å². The second kappa shape index (κ2) is 3.59. The summed E-state index contributed by atoms with van der Waals surface area (Å²) in [7, 11) is -0.227. The van der Waals surface area contributed by atoms with Crippen LogP contribution in [0.4, 0.5) is 0 Å². The molecule has 0 heterocycles. The van der Waals surface area contributed by atoms with Gasteiger partial charge in [-0.3, -0.25) is 4.79 Å². The van der Waals surface area contributed by atoms with Gasteiger partial charge in [-0.2, -0.15) is 0 Å². The minimum absolute atomic E-state index is 0.0918. The Morgan fingerprint density at radius 3 is 2.80 bits per heavy atom. The van der Waals surface area contributed by atoms with Crippen LogP contribution in [0.5, 0.6) is 0 Å². The minimum Gasteiger partial charge on any atom is -0.469 e. The van der Waals surface area contributed by atoms with Crippen molar-refractivity contribution >= 4 is 5.97 Å². The molecule has 0 radical (unpaired) electrons. The predicted molar refractivity (Wildman–Crippen MR) is 38.6 cm³/mol. The molecule has 0 N–H and O–H groups in total. The van der Waals surface area contributed by atoms with Crippen LogP contribution in [0.25, 0.3) is 0 Å². The van der Waals surface area contributed by atoms with Crippen molar-refractivity contribution in [3.05, 3.63) is 0 Å². The van der Waals surface area contributed by atoms with Gasteiger partial charge in [0.15, 0.2) is 0 Å². The summed E-state index contributed by atoms with van der Waals surface area (Å²) in [6, 6.07) is 0. The maximum atomic E-state index is 11.1. The molecule has 0 aromatic heterocycles. The number of carbonyl (C=O) groups is 1. The van der Waals surface area contributed by atoms with Crippen molar-refractivity contribution in [3.8, 4) is 0 Å². The zero-order chi connectivity index (χ0) is 8.10. The molecule has 0 saturated heterocycles. The molecule has 1 aliphatic rings. The van der Waals surface area contributed by atoms with E-state index in [9.17, 15) is 4.79 Å². The second-order valence-corrected chi connectivity index (χ2v) is 2.80. The predicted octanol–water partition coefficient (Wildman–Crippen LogP) is 1.74. The van der Waals surface area contributed by atoms with Crippen LogP contribution in [0.1, 0.15) is 33.5 Å². The van der Waals surface area contributed by atoms with Gasteiger partial charge in [-0.1, -0.05) is 19.3 Å². The molecule has 0 aliphatic heterocycles. The van der Waals surface area contributed by atoms with E-state index in [1.807, 2.05) is 0 Å². The molecule has 0 atom stereocenters. The van der Waals surface area contributed by atoms with Gasteiger partial charge in [-0.25, -0.2) is 0 Å². The lowest BCUT2D eigenvalue weighted by Crippen LogP contribution is -2.18. The molecule has 1 rings (SSSR count). The number of hydrogen-bond acceptors (Lipinski definition) is 2. The van der Waals surface area contributed by atoms with E-state index in [0.29, 0.717) is 0 Å². The zero-order valence-electron chi connectivity index (χ0n) is 7.14. The molecule has 0 amide bonds. The number of esters is 1. The first-order chi connectivity index (χ1) is 5.34. The molecular formula is C8H14O2. The van der Waals surface area contributed by atoms with Crippen molar-refractivity contribution in [1.82, 2.24) is 0 Å². The third-order valence-corrected chi connectivity index (χ3v) is 2.08. The first-order valence-electron chi connectivity index (χ1n) is 4.51. The Balaban J connectivity index is 2.27. The van der Waals surface area contributed by atoms with Gasteiger partial charge in [0.2, 0.25) is 0 Å². The highest BCUT2D eigenvalue weighted by atomic mass is 16.5. The highest BCUT2D eigenvalue weighted by Crippen LogP contribution is 2.24. The van der Waals surface area contributed by atoms with E-state index < -0.39 is 0 Å². The lowest BCUT2D eigenvalue weighted by atomic mass is 9.89. The Morgan fingerprint density at radius 1 is 1.50 bits per heavy atom. The average Bonchev–Trinajstić information content (AvgIpc) is 2.07. The Labute approximate surface area is 63.0 Å². The molecule has 1 saturated carbocycles. The van der Waals surface area contributed by atoms with E-state index in [-0.39, 0.29) is 19.0 Å². The third kappa shape index (κ3) is 1.72. The fourth-order valence-corrected chi connectivity index (χ4v) is 1.46. The number of carbonyl (C=O) groups excluding carboxylic acids is 1. The van der Waals surface area contributed by atoms with Crippen molar-refractivity contribution in [2.45, 2.75) is 32.1 Å². The molecule has 2 heteroatoms. The molecule has 0 spiro atoms. The lowest BCUT2D eigenvalue weighted by molar-refractivity contribution is -0.146. The van der Waals surface area contributed by atoms with Crippen molar-refractivity contribution in [1.29, 1.82) is 0 Å². The van der Waals surface area contributed by atoms with Crippen LogP contribution in [-0.4, -0.2) is 13.1 Å². The standard InChI is InChI=1S/C8H14O2/c1-10-8(9)7-5-3-2-4-6-7/h7H,2-6H2,1H3/i1D. The quantitative estimate of drug-likeness (QED) is 0.522. The van der Waals surface area contributed by atoms with E-state index in [0.717, 1.165) is 25.7 Å². The summed E-state index contributed by atoms with van der Waals surface area (Å²) in [5.41, 5.74) is 0. The van der Waals surface area contributed by atoms with Crippen molar-refractivity contribution in [2.75, 3.05) is 7.09 Å². The van der Waals surface area contributed by atoms with Crippen LogP contribution in [0.3, 0.4) is 0 Å². The molecular weight excluding hydrogens is 128 g/mol. The van der Waals surface area contributed by atoms with Crippen LogP contribution < -0.4 is 0 Å². The van der Waals surface area contributed by atoms with Crippen LogP contribution in [0.15, 0.2) is 0 Å². The third-order valence-electron chi connectivity index (χ3n) is 2.08. The first kappa shape index (κ1) is 6.20.